The van der Waals surface area contributed by atoms with E-state index in [0.717, 1.165) is 49.1 Å². The molecule has 2 aromatic carbocycles. The molecule has 1 amide bonds. The van der Waals surface area contributed by atoms with E-state index in [-0.39, 0.29) is 11.8 Å². The molecule has 0 spiro atoms. The number of nitrogens with one attached hydrogen (secondary N) is 1. The number of fused-ring (bicyclic) bond motifs is 1. The van der Waals surface area contributed by atoms with E-state index in [2.05, 4.69) is 35.2 Å². The largest absolute Gasteiger partial charge is 0.381 e. The third-order valence-electron chi connectivity index (χ3n) is 7.99. The number of anilines is 1. The molecule has 7 heteroatoms. The maximum atomic E-state index is 13.9. The first-order valence-corrected chi connectivity index (χ1v) is 12.1. The van der Waals surface area contributed by atoms with E-state index in [4.69, 9.17) is 10.5 Å². The summed E-state index contributed by atoms with van der Waals surface area (Å²) in [6, 6.07) is 18.1. The van der Waals surface area contributed by atoms with Gasteiger partial charge in [0.25, 0.3) is 5.91 Å². The molecule has 2 heterocycles. The van der Waals surface area contributed by atoms with Crippen molar-refractivity contribution in [3.05, 3.63) is 65.9 Å². The summed E-state index contributed by atoms with van der Waals surface area (Å²) in [4.78, 5) is 15.6. The fraction of sp³-hybridized carbons (Fsp3) is 0.444. The van der Waals surface area contributed by atoms with Crippen LogP contribution in [-0.2, 0) is 10.3 Å². The van der Waals surface area contributed by atoms with E-state index in [1.807, 2.05) is 36.4 Å². The summed E-state index contributed by atoms with van der Waals surface area (Å²) in [6.07, 6.45) is 2.77. The minimum atomic E-state index is -1.11. The Labute approximate surface area is 200 Å². The fourth-order valence-corrected chi connectivity index (χ4v) is 5.82. The zero-order valence-electron chi connectivity index (χ0n) is 20.1. The zero-order chi connectivity index (χ0) is 24.1. The lowest BCUT2D eigenvalue weighted by Crippen LogP contribution is -2.61. The lowest BCUT2D eigenvalue weighted by Gasteiger charge is -2.37. The maximum absolute atomic E-state index is 13.9. The van der Waals surface area contributed by atoms with Crippen LogP contribution in [0.1, 0.15) is 55.1 Å². The Morgan fingerprint density at radius 3 is 2.50 bits per heavy atom. The van der Waals surface area contributed by atoms with Gasteiger partial charge in [-0.1, -0.05) is 31.2 Å². The first-order chi connectivity index (χ1) is 16.3. The molecule has 1 aromatic heterocycles. The number of benzene rings is 2. The third kappa shape index (κ3) is 3.55. The molecule has 3 aromatic rings. The van der Waals surface area contributed by atoms with Gasteiger partial charge in [0.1, 0.15) is 11.4 Å². The lowest BCUT2D eigenvalue weighted by molar-refractivity contribution is 0.0267. The van der Waals surface area contributed by atoms with Gasteiger partial charge in [-0.15, -0.1) is 0 Å². The second-order valence-electron chi connectivity index (χ2n) is 10.1. The highest BCUT2D eigenvalue weighted by Crippen LogP contribution is 2.57. The van der Waals surface area contributed by atoms with Crippen LogP contribution in [0.2, 0.25) is 0 Å². The molecule has 0 bridgehead atoms. The molecular formula is C27H34N4O3. The summed E-state index contributed by atoms with van der Waals surface area (Å²) >= 11 is 0. The summed E-state index contributed by atoms with van der Waals surface area (Å²) in [6.45, 7) is 5.46. The summed E-state index contributed by atoms with van der Waals surface area (Å²) in [5, 5.41) is 11.0. The molecule has 2 fully saturated rings. The van der Waals surface area contributed by atoms with Crippen molar-refractivity contribution in [1.29, 1.82) is 0 Å². The van der Waals surface area contributed by atoms with Gasteiger partial charge in [-0.3, -0.25) is 4.79 Å². The van der Waals surface area contributed by atoms with Crippen LogP contribution in [0.25, 0.3) is 10.9 Å². The first-order valence-electron chi connectivity index (χ1n) is 12.1. The molecule has 4 N–H and O–H groups in total. The Balaban J connectivity index is 1.67. The molecule has 34 heavy (non-hydrogen) atoms. The van der Waals surface area contributed by atoms with E-state index in [1.165, 1.54) is 5.56 Å². The van der Waals surface area contributed by atoms with Crippen molar-refractivity contribution in [3.8, 4) is 0 Å². The van der Waals surface area contributed by atoms with Crippen molar-refractivity contribution in [3.63, 3.8) is 0 Å². The number of amides is 1. The predicted octanol–water partition coefficient (Wildman–Crippen LogP) is 4.20. The van der Waals surface area contributed by atoms with Gasteiger partial charge in [-0.2, -0.15) is 5.48 Å². The monoisotopic (exact) mass is 462 g/mol. The molecule has 1 saturated heterocycles. The molecule has 3 atom stereocenters. The Bertz CT molecular complexity index is 1200. The fourth-order valence-electron chi connectivity index (χ4n) is 5.82. The number of carbonyl (C=O) groups excluding carboxylic acids is 1. The molecule has 2 aliphatic rings. The zero-order valence-corrected chi connectivity index (χ0v) is 20.1. The molecule has 1 aliphatic heterocycles. The van der Waals surface area contributed by atoms with Gasteiger partial charge in [0.2, 0.25) is 0 Å². The summed E-state index contributed by atoms with van der Waals surface area (Å²) in [5.74, 6) is 0.532. The van der Waals surface area contributed by atoms with Gasteiger partial charge in [-0.05, 0) is 73.9 Å². The van der Waals surface area contributed by atoms with Gasteiger partial charge in [0, 0.05) is 36.9 Å². The number of ether oxygens (including phenoxy) is 1. The van der Waals surface area contributed by atoms with Gasteiger partial charge in [0.05, 0.1) is 5.54 Å². The number of hydroxylamine groups is 1. The van der Waals surface area contributed by atoms with Gasteiger partial charge < -0.3 is 25.1 Å². The average Bonchev–Trinajstić information content (AvgIpc) is 3.41. The van der Waals surface area contributed by atoms with Crippen molar-refractivity contribution in [2.24, 2.45) is 11.7 Å². The highest BCUT2D eigenvalue weighted by atomic mass is 16.5. The number of hydrogen-bond acceptors (Lipinski definition) is 5. The van der Waals surface area contributed by atoms with Crippen molar-refractivity contribution >= 4 is 22.5 Å². The molecule has 1 saturated carbocycles. The van der Waals surface area contributed by atoms with Crippen molar-refractivity contribution in [2.45, 2.75) is 50.2 Å². The standard InChI is InChI=1S/C27H34N4O3/c1-18-17-27(18,26(2,28)29-33)31-23-10-9-20(19-11-13-34-14-12-19)15-21(23)16-24(31)25(32)30(3)22-7-5-4-6-8-22/h4-10,15-16,18-19,29,33H,11-14,17,28H2,1-3H3/t18-,26?,27-/m0/s1. The van der Waals surface area contributed by atoms with Crippen LogP contribution < -0.4 is 16.1 Å². The Hall–Kier alpha value is -2.71. The second-order valence-corrected chi connectivity index (χ2v) is 10.1. The molecule has 1 aliphatic carbocycles. The van der Waals surface area contributed by atoms with E-state index < -0.39 is 11.2 Å². The maximum Gasteiger partial charge on any atom is 0.274 e. The number of para-hydroxylation sites is 1. The van der Waals surface area contributed by atoms with Crippen molar-refractivity contribution in [1.82, 2.24) is 10.0 Å². The number of aromatic nitrogens is 1. The van der Waals surface area contributed by atoms with Crippen molar-refractivity contribution < 1.29 is 14.7 Å². The normalized spacial score (nSPS) is 24.7. The summed E-state index contributed by atoms with van der Waals surface area (Å²) in [5.41, 5.74) is 10.8. The Morgan fingerprint density at radius 2 is 1.88 bits per heavy atom. The second kappa shape index (κ2) is 8.50. The summed E-state index contributed by atoms with van der Waals surface area (Å²) in [7, 11) is 1.79. The molecule has 5 rings (SSSR count). The SMILES string of the molecule is C[C@H]1C[C@@]1(n1c(C(=O)N(C)c2ccccc2)cc2cc(C3CCOCC3)ccc21)C(C)(N)NO. The molecule has 180 valence electrons. The predicted molar refractivity (Wildman–Crippen MR) is 133 cm³/mol. The average molecular weight is 463 g/mol. The summed E-state index contributed by atoms with van der Waals surface area (Å²) < 4.78 is 7.62. The van der Waals surface area contributed by atoms with E-state index in [9.17, 15) is 10.0 Å². The van der Waals surface area contributed by atoms with Crippen LogP contribution in [0.3, 0.4) is 0 Å². The van der Waals surface area contributed by atoms with Gasteiger partial charge in [0.15, 0.2) is 0 Å². The van der Waals surface area contributed by atoms with Crippen molar-refractivity contribution in [2.75, 3.05) is 25.2 Å². The minimum absolute atomic E-state index is 0.109. The molecular weight excluding hydrogens is 428 g/mol. The topological polar surface area (TPSA) is 92.8 Å². The van der Waals surface area contributed by atoms with Crippen LogP contribution in [0, 0.1) is 5.92 Å². The number of hydrogen-bond donors (Lipinski definition) is 3. The quantitative estimate of drug-likeness (QED) is 0.377. The smallest absolute Gasteiger partial charge is 0.274 e. The van der Waals surface area contributed by atoms with Gasteiger partial charge in [-0.25, -0.2) is 0 Å². The molecule has 7 nitrogen and oxygen atoms in total. The van der Waals surface area contributed by atoms with Crippen LogP contribution >= 0.6 is 0 Å². The number of rotatable bonds is 6. The van der Waals surface area contributed by atoms with Crippen LogP contribution in [0.15, 0.2) is 54.6 Å². The minimum Gasteiger partial charge on any atom is -0.381 e. The van der Waals surface area contributed by atoms with E-state index in [1.54, 1.807) is 18.9 Å². The number of nitrogens with two attached hydrogens (primary N) is 1. The van der Waals surface area contributed by atoms with Crippen LogP contribution in [-0.4, -0.2) is 41.6 Å². The highest BCUT2D eigenvalue weighted by Gasteiger charge is 2.64. The number of nitrogens with zero attached hydrogens (tertiary/aromatic N) is 2. The molecule has 1 unspecified atom stereocenters. The lowest BCUT2D eigenvalue weighted by atomic mass is 9.91. The molecule has 0 radical (unpaired) electrons. The Morgan fingerprint density at radius 1 is 1.21 bits per heavy atom. The first kappa shape index (κ1) is 23.1. The Kier molecular flexibility index (Phi) is 5.76. The number of carbonyl (C=O) groups is 1. The highest BCUT2D eigenvalue weighted by molar-refractivity contribution is 6.08. The van der Waals surface area contributed by atoms with E-state index >= 15 is 0 Å². The van der Waals surface area contributed by atoms with E-state index in [0.29, 0.717) is 11.6 Å². The van der Waals surface area contributed by atoms with Crippen LogP contribution in [0.5, 0.6) is 0 Å². The van der Waals surface area contributed by atoms with Gasteiger partial charge >= 0.3 is 0 Å². The van der Waals surface area contributed by atoms with Crippen LogP contribution in [0.4, 0.5) is 5.69 Å². The third-order valence-corrected chi connectivity index (χ3v) is 7.99.